The Bertz CT molecular complexity index is 1210. The molecule has 0 bridgehead atoms. The monoisotopic (exact) mass is 426 g/mol. The molecule has 0 amide bonds. The van der Waals surface area contributed by atoms with Crippen LogP contribution in [-0.4, -0.2) is 39.5 Å². The molecule has 30 heavy (non-hydrogen) atoms. The van der Waals surface area contributed by atoms with Crippen LogP contribution in [0.4, 0.5) is 5.69 Å². The summed E-state index contributed by atoms with van der Waals surface area (Å²) in [6.45, 7) is -0.0572. The standard InChI is InChI=1S/C22H22N2O5S/c1-29-22-5-3-2-4-16(22)8-6-15-7-9-17-12-21(26)20(11-18(17)10-15)24-13-19(14-25)23-30(24,27)28/h2-5,7,9-12,14,19,23,26H,6,8,13H2,1H3. The number of benzene rings is 3. The number of ether oxygens (including phenoxy) is 1. The van der Waals surface area contributed by atoms with Crippen molar-refractivity contribution in [3.63, 3.8) is 0 Å². The van der Waals surface area contributed by atoms with E-state index < -0.39 is 16.3 Å². The summed E-state index contributed by atoms with van der Waals surface area (Å²) in [6.07, 6.45) is 2.13. The molecule has 3 aromatic rings. The van der Waals surface area contributed by atoms with Crippen LogP contribution in [0.1, 0.15) is 11.1 Å². The van der Waals surface area contributed by atoms with Crippen molar-refractivity contribution < 1.29 is 23.1 Å². The van der Waals surface area contributed by atoms with E-state index in [4.69, 9.17) is 4.74 Å². The van der Waals surface area contributed by atoms with E-state index in [0.29, 0.717) is 6.29 Å². The quantitative estimate of drug-likeness (QED) is 0.591. The average Bonchev–Trinajstić information content (AvgIpc) is 3.06. The molecule has 1 aliphatic heterocycles. The van der Waals surface area contributed by atoms with E-state index in [-0.39, 0.29) is 18.0 Å². The van der Waals surface area contributed by atoms with E-state index in [1.807, 2.05) is 42.5 Å². The van der Waals surface area contributed by atoms with Gasteiger partial charge in [-0.1, -0.05) is 36.4 Å². The summed E-state index contributed by atoms with van der Waals surface area (Å²) in [6, 6.07) is 16.1. The van der Waals surface area contributed by atoms with Gasteiger partial charge in [0, 0.05) is 0 Å². The van der Waals surface area contributed by atoms with E-state index in [1.54, 1.807) is 19.2 Å². The average molecular weight is 426 g/mol. The molecule has 0 radical (unpaired) electrons. The maximum Gasteiger partial charge on any atom is 0.302 e. The molecule has 1 heterocycles. The SMILES string of the molecule is COc1ccccc1CCc1ccc2cc(O)c(N3CC(C=O)NS3(=O)=O)cc2c1. The van der Waals surface area contributed by atoms with Gasteiger partial charge in [0.25, 0.3) is 0 Å². The van der Waals surface area contributed by atoms with Crippen LogP contribution in [0.15, 0.2) is 54.6 Å². The highest BCUT2D eigenvalue weighted by molar-refractivity contribution is 7.91. The molecule has 1 atom stereocenters. The number of phenols is 1. The fourth-order valence-electron chi connectivity index (χ4n) is 3.73. The van der Waals surface area contributed by atoms with Gasteiger partial charge in [-0.25, -0.2) is 0 Å². The topological polar surface area (TPSA) is 95.9 Å². The number of methoxy groups -OCH3 is 1. The molecule has 156 valence electrons. The second kappa shape index (κ2) is 7.97. The first-order valence-corrected chi connectivity index (χ1v) is 11.0. The van der Waals surface area contributed by atoms with Gasteiger partial charge in [-0.15, -0.1) is 0 Å². The normalized spacial score (nSPS) is 17.9. The van der Waals surface area contributed by atoms with Crippen molar-refractivity contribution in [2.75, 3.05) is 18.0 Å². The number of carbonyl (C=O) groups excluding carboxylic acids is 1. The van der Waals surface area contributed by atoms with Gasteiger partial charge in [0.1, 0.15) is 17.8 Å². The summed E-state index contributed by atoms with van der Waals surface area (Å²) in [7, 11) is -2.23. The zero-order chi connectivity index (χ0) is 21.3. The molecule has 3 aromatic carbocycles. The highest BCUT2D eigenvalue weighted by atomic mass is 32.2. The Morgan fingerprint density at radius 2 is 1.93 bits per heavy atom. The second-order valence-electron chi connectivity index (χ2n) is 7.23. The molecule has 0 saturated carbocycles. The molecule has 2 N–H and O–H groups in total. The third-order valence-corrected chi connectivity index (χ3v) is 6.79. The molecule has 7 nitrogen and oxygen atoms in total. The molecule has 8 heteroatoms. The summed E-state index contributed by atoms with van der Waals surface area (Å²) in [5, 5.41) is 12.0. The Hall–Kier alpha value is -3.10. The van der Waals surface area contributed by atoms with Crippen LogP contribution in [0.2, 0.25) is 0 Å². The van der Waals surface area contributed by atoms with Gasteiger partial charge in [-0.05, 0) is 52.9 Å². The van der Waals surface area contributed by atoms with Crippen molar-refractivity contribution in [3.05, 3.63) is 65.7 Å². The summed E-state index contributed by atoms with van der Waals surface area (Å²) in [5.74, 6) is 0.697. The number of nitrogens with one attached hydrogen (secondary N) is 1. The lowest BCUT2D eigenvalue weighted by molar-refractivity contribution is -0.108. The number of para-hydroxylation sites is 1. The Balaban J connectivity index is 1.64. The first-order valence-electron chi connectivity index (χ1n) is 9.54. The molecule has 1 unspecified atom stereocenters. The number of phenolic OH excluding ortho intramolecular Hbond substituents is 1. The number of fused-ring (bicyclic) bond motifs is 1. The molecule has 0 aliphatic carbocycles. The highest BCUT2D eigenvalue weighted by Crippen LogP contribution is 2.35. The van der Waals surface area contributed by atoms with Crippen LogP contribution in [0, 0.1) is 0 Å². The van der Waals surface area contributed by atoms with Gasteiger partial charge >= 0.3 is 10.2 Å². The molecule has 1 saturated heterocycles. The second-order valence-corrected chi connectivity index (χ2v) is 8.86. The zero-order valence-corrected chi connectivity index (χ0v) is 17.2. The predicted octanol–water partition coefficient (Wildman–Crippen LogP) is 2.56. The minimum atomic E-state index is -3.88. The van der Waals surface area contributed by atoms with Gasteiger partial charge in [-0.2, -0.15) is 13.1 Å². The lowest BCUT2D eigenvalue weighted by Gasteiger charge is -2.18. The number of anilines is 1. The zero-order valence-electron chi connectivity index (χ0n) is 16.4. The van der Waals surface area contributed by atoms with Crippen LogP contribution < -0.4 is 13.8 Å². The van der Waals surface area contributed by atoms with Gasteiger partial charge < -0.3 is 14.6 Å². The van der Waals surface area contributed by atoms with E-state index >= 15 is 0 Å². The fraction of sp³-hybridized carbons (Fsp3) is 0.227. The number of aldehydes is 1. The van der Waals surface area contributed by atoms with Crippen molar-refractivity contribution in [2.45, 2.75) is 18.9 Å². The lowest BCUT2D eigenvalue weighted by Crippen LogP contribution is -2.30. The molecule has 1 fully saturated rings. The maximum atomic E-state index is 12.3. The van der Waals surface area contributed by atoms with Crippen LogP contribution in [0.5, 0.6) is 11.5 Å². The molecular formula is C22H22N2O5S. The molecule has 0 aromatic heterocycles. The molecular weight excluding hydrogens is 404 g/mol. The number of hydrogen-bond donors (Lipinski definition) is 2. The minimum Gasteiger partial charge on any atom is -0.506 e. The number of aryl methyl sites for hydroxylation is 2. The largest absolute Gasteiger partial charge is 0.506 e. The van der Waals surface area contributed by atoms with Gasteiger partial charge in [0.05, 0.1) is 25.4 Å². The number of hydrogen-bond acceptors (Lipinski definition) is 5. The van der Waals surface area contributed by atoms with Gasteiger partial charge in [-0.3, -0.25) is 4.31 Å². The lowest BCUT2D eigenvalue weighted by atomic mass is 10.00. The van der Waals surface area contributed by atoms with Crippen molar-refractivity contribution in [1.82, 2.24) is 4.72 Å². The third-order valence-electron chi connectivity index (χ3n) is 5.26. The van der Waals surface area contributed by atoms with Crippen molar-refractivity contribution >= 4 is 33.0 Å². The van der Waals surface area contributed by atoms with Gasteiger partial charge in [0.2, 0.25) is 0 Å². The van der Waals surface area contributed by atoms with E-state index in [0.717, 1.165) is 44.8 Å². The minimum absolute atomic E-state index is 0.0572. The maximum absolute atomic E-state index is 12.3. The van der Waals surface area contributed by atoms with Crippen LogP contribution in [0.25, 0.3) is 10.8 Å². The summed E-state index contributed by atoms with van der Waals surface area (Å²) < 4.78 is 33.4. The first-order chi connectivity index (χ1) is 14.4. The molecule has 4 rings (SSSR count). The third kappa shape index (κ3) is 3.83. The van der Waals surface area contributed by atoms with Gasteiger partial charge in [0.15, 0.2) is 0 Å². The predicted molar refractivity (Wildman–Crippen MR) is 115 cm³/mol. The number of carbonyl (C=O) groups is 1. The van der Waals surface area contributed by atoms with Crippen molar-refractivity contribution in [1.29, 1.82) is 0 Å². The summed E-state index contributed by atoms with van der Waals surface area (Å²) >= 11 is 0. The van der Waals surface area contributed by atoms with E-state index in [1.165, 1.54) is 0 Å². The summed E-state index contributed by atoms with van der Waals surface area (Å²) in [5.41, 5.74) is 2.35. The fourth-order valence-corrected chi connectivity index (χ4v) is 5.14. The van der Waals surface area contributed by atoms with E-state index in [9.17, 15) is 18.3 Å². The smallest absolute Gasteiger partial charge is 0.302 e. The number of rotatable bonds is 6. The number of nitrogens with zero attached hydrogens (tertiary/aromatic N) is 1. The number of aromatic hydroxyl groups is 1. The molecule has 1 aliphatic rings. The van der Waals surface area contributed by atoms with E-state index in [2.05, 4.69) is 4.72 Å². The Labute approximate surface area is 175 Å². The van der Waals surface area contributed by atoms with Crippen molar-refractivity contribution in [2.24, 2.45) is 0 Å². The van der Waals surface area contributed by atoms with Crippen LogP contribution in [0.3, 0.4) is 0 Å². The van der Waals surface area contributed by atoms with Crippen molar-refractivity contribution in [3.8, 4) is 11.5 Å². The summed E-state index contributed by atoms with van der Waals surface area (Å²) in [4.78, 5) is 11.0. The van der Waals surface area contributed by atoms with Crippen LogP contribution >= 0.6 is 0 Å². The first kappa shape index (κ1) is 20.2. The van der Waals surface area contributed by atoms with Crippen LogP contribution in [-0.2, 0) is 27.8 Å². The Morgan fingerprint density at radius 3 is 2.67 bits per heavy atom. The Kier molecular flexibility index (Phi) is 5.36. The molecule has 0 spiro atoms. The highest BCUT2D eigenvalue weighted by Gasteiger charge is 2.36. The Morgan fingerprint density at radius 1 is 1.13 bits per heavy atom.